The molecule has 0 aromatic heterocycles. The smallest absolute Gasteiger partial charge is 0.331 e. The van der Waals surface area contributed by atoms with Gasteiger partial charge < -0.3 is 4.74 Å². The Bertz CT molecular complexity index is 431. The number of carbonyl (C=O) groups excluding carboxylic acids is 1. The predicted molar refractivity (Wildman–Crippen MR) is 77.5 cm³/mol. The number of hydrogen-bond acceptors (Lipinski definition) is 2. The van der Waals surface area contributed by atoms with Crippen LogP contribution in [-0.4, -0.2) is 5.97 Å². The lowest BCUT2D eigenvalue weighted by Crippen LogP contribution is -2.04. The predicted octanol–water partition coefficient (Wildman–Crippen LogP) is 5.10. The second-order valence-electron chi connectivity index (χ2n) is 2.72. The van der Waals surface area contributed by atoms with Crippen LogP contribution in [0.5, 0.6) is 0 Å². The van der Waals surface area contributed by atoms with E-state index in [1.807, 2.05) is 12.1 Å². The van der Waals surface area contributed by atoms with E-state index < -0.39 is 11.0 Å². The summed E-state index contributed by atoms with van der Waals surface area (Å²) in [5.74, 6) is -0.479. The highest BCUT2D eigenvalue weighted by Gasteiger charge is 2.17. The number of halogens is 4. The third-order valence-electron chi connectivity index (χ3n) is 1.70. The molecule has 1 rings (SSSR count). The Kier molecular flexibility index (Phi) is 5.70. The van der Waals surface area contributed by atoms with Gasteiger partial charge in [-0.3, -0.25) is 0 Å². The van der Waals surface area contributed by atoms with Crippen molar-refractivity contribution in [2.45, 2.75) is 5.01 Å². The van der Waals surface area contributed by atoms with Crippen molar-refractivity contribution >= 4 is 69.7 Å². The summed E-state index contributed by atoms with van der Waals surface area (Å²) in [5, 5.41) is -0.517. The quantitative estimate of drug-likeness (QED) is 0.262. The standard InChI is InChI=1S/C10H6Br4O2/c1-2-7(15)16-10(14)5-3-4-6(11)9(13)8(5)12/h2-4,10H,1H2. The summed E-state index contributed by atoms with van der Waals surface area (Å²) >= 11 is 13.5. The number of rotatable bonds is 3. The summed E-state index contributed by atoms with van der Waals surface area (Å²) in [6.45, 7) is 3.34. The molecule has 1 atom stereocenters. The maximum Gasteiger partial charge on any atom is 0.331 e. The topological polar surface area (TPSA) is 26.3 Å². The van der Waals surface area contributed by atoms with Gasteiger partial charge in [-0.05, 0) is 69.8 Å². The minimum Gasteiger partial charge on any atom is -0.443 e. The zero-order chi connectivity index (χ0) is 12.3. The Morgan fingerprint density at radius 1 is 1.31 bits per heavy atom. The van der Waals surface area contributed by atoms with Crippen molar-refractivity contribution in [2.75, 3.05) is 0 Å². The number of benzene rings is 1. The highest BCUT2D eigenvalue weighted by Crippen LogP contribution is 2.39. The van der Waals surface area contributed by atoms with Crippen LogP contribution in [0.25, 0.3) is 0 Å². The van der Waals surface area contributed by atoms with Crippen LogP contribution in [0.2, 0.25) is 0 Å². The Hall–Kier alpha value is 0.350. The lowest BCUT2D eigenvalue weighted by Gasteiger charge is -2.13. The van der Waals surface area contributed by atoms with Gasteiger partial charge in [0.1, 0.15) is 0 Å². The Morgan fingerprint density at radius 2 is 1.94 bits per heavy atom. The highest BCUT2D eigenvalue weighted by molar-refractivity contribution is 9.14. The van der Waals surface area contributed by atoms with Crippen LogP contribution in [0.15, 0.2) is 38.2 Å². The second-order valence-corrected chi connectivity index (χ2v) is 5.99. The summed E-state index contributed by atoms with van der Waals surface area (Å²) in [6, 6.07) is 3.70. The number of ether oxygens (including phenoxy) is 1. The molecule has 1 unspecified atom stereocenters. The van der Waals surface area contributed by atoms with E-state index in [0.717, 1.165) is 25.1 Å². The third-order valence-corrected chi connectivity index (χ3v) is 5.78. The van der Waals surface area contributed by atoms with E-state index in [2.05, 4.69) is 70.3 Å². The van der Waals surface area contributed by atoms with Crippen LogP contribution >= 0.6 is 63.7 Å². The van der Waals surface area contributed by atoms with Gasteiger partial charge in [0.25, 0.3) is 0 Å². The van der Waals surface area contributed by atoms with E-state index in [1.54, 1.807) is 0 Å². The molecule has 1 aromatic carbocycles. The fourth-order valence-corrected chi connectivity index (χ4v) is 3.31. The van der Waals surface area contributed by atoms with Crippen molar-refractivity contribution < 1.29 is 9.53 Å². The Labute approximate surface area is 127 Å². The Balaban J connectivity index is 3.00. The molecule has 0 aliphatic carbocycles. The van der Waals surface area contributed by atoms with Crippen LogP contribution in [0.1, 0.15) is 10.6 Å². The lowest BCUT2D eigenvalue weighted by molar-refractivity contribution is -0.139. The maximum atomic E-state index is 11.1. The van der Waals surface area contributed by atoms with Gasteiger partial charge in [-0.2, -0.15) is 0 Å². The van der Waals surface area contributed by atoms with E-state index in [1.165, 1.54) is 0 Å². The van der Waals surface area contributed by atoms with Crippen LogP contribution in [0.4, 0.5) is 0 Å². The zero-order valence-corrected chi connectivity index (χ0v) is 14.2. The van der Waals surface area contributed by atoms with Crippen LogP contribution in [-0.2, 0) is 9.53 Å². The van der Waals surface area contributed by atoms with E-state index in [-0.39, 0.29) is 0 Å². The summed E-state index contributed by atoms with van der Waals surface area (Å²) < 4.78 is 7.65. The van der Waals surface area contributed by atoms with E-state index in [4.69, 9.17) is 4.74 Å². The average molecular weight is 478 g/mol. The van der Waals surface area contributed by atoms with Gasteiger partial charge in [0, 0.05) is 25.1 Å². The minimum atomic E-state index is -0.517. The van der Waals surface area contributed by atoms with E-state index >= 15 is 0 Å². The number of alkyl halides is 1. The van der Waals surface area contributed by atoms with Crippen molar-refractivity contribution in [3.63, 3.8) is 0 Å². The number of carbonyl (C=O) groups is 1. The molecule has 0 bridgehead atoms. The van der Waals surface area contributed by atoms with Gasteiger partial charge in [0.2, 0.25) is 0 Å². The van der Waals surface area contributed by atoms with E-state index in [0.29, 0.717) is 0 Å². The minimum absolute atomic E-state index is 0.479. The van der Waals surface area contributed by atoms with Gasteiger partial charge >= 0.3 is 5.97 Å². The molecule has 0 fully saturated rings. The van der Waals surface area contributed by atoms with Gasteiger partial charge in [0.05, 0.1) is 0 Å². The molecule has 86 valence electrons. The van der Waals surface area contributed by atoms with Crippen molar-refractivity contribution in [3.05, 3.63) is 43.8 Å². The zero-order valence-electron chi connectivity index (χ0n) is 7.84. The summed E-state index contributed by atoms with van der Waals surface area (Å²) in [6.07, 6.45) is 1.12. The van der Waals surface area contributed by atoms with Gasteiger partial charge in [0.15, 0.2) is 5.01 Å². The first-order chi connectivity index (χ1) is 7.47. The van der Waals surface area contributed by atoms with E-state index in [9.17, 15) is 4.79 Å². The molecule has 6 heteroatoms. The molecule has 0 radical (unpaired) electrons. The molecule has 0 N–H and O–H groups in total. The normalized spacial score (nSPS) is 12.0. The first-order valence-corrected chi connectivity index (χ1v) is 7.37. The molecular formula is C10H6Br4O2. The van der Waals surface area contributed by atoms with Crippen molar-refractivity contribution in [3.8, 4) is 0 Å². The molecule has 0 aliphatic rings. The monoisotopic (exact) mass is 474 g/mol. The first kappa shape index (κ1) is 14.4. The largest absolute Gasteiger partial charge is 0.443 e. The molecular weight excluding hydrogens is 472 g/mol. The Morgan fingerprint density at radius 3 is 2.50 bits per heavy atom. The molecule has 0 spiro atoms. The van der Waals surface area contributed by atoms with Crippen molar-refractivity contribution in [1.29, 1.82) is 0 Å². The molecule has 0 saturated heterocycles. The molecule has 16 heavy (non-hydrogen) atoms. The first-order valence-electron chi connectivity index (χ1n) is 4.08. The third kappa shape index (κ3) is 3.42. The molecule has 0 amide bonds. The van der Waals surface area contributed by atoms with Crippen molar-refractivity contribution in [2.24, 2.45) is 0 Å². The second kappa shape index (κ2) is 6.33. The summed E-state index contributed by atoms with van der Waals surface area (Å²) in [5.41, 5.74) is 0.810. The van der Waals surface area contributed by atoms with Gasteiger partial charge in [-0.15, -0.1) is 0 Å². The lowest BCUT2D eigenvalue weighted by atomic mass is 10.2. The number of esters is 1. The van der Waals surface area contributed by atoms with Crippen LogP contribution in [0.3, 0.4) is 0 Å². The van der Waals surface area contributed by atoms with Gasteiger partial charge in [-0.25, -0.2) is 4.79 Å². The SMILES string of the molecule is C=CC(=O)OC(Br)c1ccc(Br)c(Br)c1Br. The highest BCUT2D eigenvalue weighted by atomic mass is 79.9. The molecule has 1 aromatic rings. The molecule has 0 aliphatic heterocycles. The van der Waals surface area contributed by atoms with Crippen molar-refractivity contribution in [1.82, 2.24) is 0 Å². The molecule has 2 nitrogen and oxygen atoms in total. The van der Waals surface area contributed by atoms with Crippen LogP contribution < -0.4 is 0 Å². The fourth-order valence-electron chi connectivity index (χ4n) is 0.930. The number of hydrogen-bond donors (Lipinski definition) is 0. The molecule has 0 heterocycles. The van der Waals surface area contributed by atoms with Crippen LogP contribution in [0, 0.1) is 0 Å². The van der Waals surface area contributed by atoms with Gasteiger partial charge in [-0.1, -0.05) is 12.6 Å². The average Bonchev–Trinajstić information content (AvgIpc) is 2.25. The summed E-state index contributed by atoms with van der Waals surface area (Å²) in [7, 11) is 0. The molecule has 0 saturated carbocycles. The fraction of sp³-hybridized carbons (Fsp3) is 0.100. The maximum absolute atomic E-state index is 11.1. The summed E-state index contributed by atoms with van der Waals surface area (Å²) in [4.78, 5) is 11.1.